The molecule has 1 aromatic rings. The van der Waals surface area contributed by atoms with Crippen molar-refractivity contribution in [2.24, 2.45) is 0 Å². The average molecular weight is 241 g/mol. The van der Waals surface area contributed by atoms with Gasteiger partial charge in [0.05, 0.1) is 12.2 Å². The maximum Gasteiger partial charge on any atom is 0.0708 e. The molecule has 94 valence electrons. The summed E-state index contributed by atoms with van der Waals surface area (Å²) in [5, 5.41) is 2.10. The molecule has 0 unspecified atom stereocenters. The van der Waals surface area contributed by atoms with E-state index in [2.05, 4.69) is 52.5 Å². The van der Waals surface area contributed by atoms with Crippen LogP contribution in [0.2, 0.25) is 0 Å². The first-order valence-corrected chi connectivity index (χ1v) is 6.65. The van der Waals surface area contributed by atoms with Gasteiger partial charge in [0.1, 0.15) is 0 Å². The number of hydrogen-bond acceptors (Lipinski definition) is 3. The Morgan fingerprint density at radius 3 is 2.78 bits per heavy atom. The topological polar surface area (TPSA) is 27.3 Å². The van der Waals surface area contributed by atoms with Crippen LogP contribution >= 0.6 is 0 Å². The lowest BCUT2D eigenvalue weighted by Gasteiger charge is -2.15. The smallest absolute Gasteiger partial charge is 0.0708 e. The lowest BCUT2D eigenvalue weighted by molar-refractivity contribution is 0.263. The van der Waals surface area contributed by atoms with Crippen molar-refractivity contribution < 1.29 is 0 Å². The molecule has 0 amide bonds. The van der Waals surface area contributed by atoms with E-state index in [1.165, 1.54) is 42.5 Å². The van der Waals surface area contributed by atoms with Crippen LogP contribution in [0, 0.1) is 0 Å². The molecule has 3 rings (SSSR count). The van der Waals surface area contributed by atoms with Crippen molar-refractivity contribution in [3.05, 3.63) is 59.4 Å². The SMILES string of the molecule is C1=C(C2=CN(Cc3ccccc3)NN2)CCCC1. The van der Waals surface area contributed by atoms with Crippen LogP contribution in [-0.2, 0) is 6.54 Å². The number of nitrogens with one attached hydrogen (secondary N) is 2. The molecule has 1 heterocycles. The number of rotatable bonds is 3. The minimum Gasteiger partial charge on any atom is -0.302 e. The summed E-state index contributed by atoms with van der Waals surface area (Å²) in [6.45, 7) is 0.880. The van der Waals surface area contributed by atoms with Crippen molar-refractivity contribution >= 4 is 0 Å². The summed E-state index contributed by atoms with van der Waals surface area (Å²) in [5.74, 6) is 0. The molecule has 0 spiro atoms. The second-order valence-electron chi connectivity index (χ2n) is 4.87. The Kier molecular flexibility index (Phi) is 3.33. The Balaban J connectivity index is 1.66. The molecule has 3 heteroatoms. The first kappa shape index (κ1) is 11.4. The molecule has 1 aliphatic heterocycles. The average Bonchev–Trinajstić information content (AvgIpc) is 2.89. The molecule has 2 N–H and O–H groups in total. The second kappa shape index (κ2) is 5.27. The fourth-order valence-corrected chi connectivity index (χ4v) is 2.46. The number of benzene rings is 1. The van der Waals surface area contributed by atoms with Gasteiger partial charge in [0.2, 0.25) is 0 Å². The standard InChI is InChI=1S/C15H19N3/c1-3-7-13(8-4-1)11-18-12-15(16-17-18)14-9-5-2-6-10-14/h1,3-4,7-9,12,16-17H,2,5-6,10-11H2. The van der Waals surface area contributed by atoms with E-state index >= 15 is 0 Å². The van der Waals surface area contributed by atoms with Crippen LogP contribution in [0.15, 0.2) is 53.9 Å². The lowest BCUT2D eigenvalue weighted by Crippen LogP contribution is -2.36. The van der Waals surface area contributed by atoms with Gasteiger partial charge in [-0.05, 0) is 36.8 Å². The molecule has 0 radical (unpaired) electrons. The Morgan fingerprint density at radius 1 is 1.11 bits per heavy atom. The van der Waals surface area contributed by atoms with E-state index in [1.54, 1.807) is 0 Å². The fourth-order valence-electron chi connectivity index (χ4n) is 2.46. The first-order valence-electron chi connectivity index (χ1n) is 6.65. The largest absolute Gasteiger partial charge is 0.302 e. The minimum atomic E-state index is 0.880. The van der Waals surface area contributed by atoms with Crippen LogP contribution < -0.4 is 11.0 Å². The number of hydrogen-bond donors (Lipinski definition) is 2. The van der Waals surface area contributed by atoms with Gasteiger partial charge in [-0.2, -0.15) is 0 Å². The third kappa shape index (κ3) is 2.57. The highest BCUT2D eigenvalue weighted by Crippen LogP contribution is 2.24. The molecular weight excluding hydrogens is 222 g/mol. The molecule has 0 saturated heterocycles. The highest BCUT2D eigenvalue weighted by Gasteiger charge is 2.15. The Bertz CT molecular complexity index is 462. The predicted octanol–water partition coefficient (Wildman–Crippen LogP) is 2.85. The maximum absolute atomic E-state index is 3.27. The summed E-state index contributed by atoms with van der Waals surface area (Å²) in [6, 6.07) is 10.5. The highest BCUT2D eigenvalue weighted by atomic mass is 15.7. The Hall–Kier alpha value is -1.74. The van der Waals surface area contributed by atoms with Crippen molar-refractivity contribution in [1.82, 2.24) is 16.0 Å². The first-order chi connectivity index (χ1) is 8.92. The summed E-state index contributed by atoms with van der Waals surface area (Å²) in [7, 11) is 0. The van der Waals surface area contributed by atoms with Gasteiger partial charge in [-0.15, -0.1) is 5.53 Å². The molecule has 0 atom stereocenters. The van der Waals surface area contributed by atoms with Gasteiger partial charge in [-0.25, -0.2) is 0 Å². The summed E-state index contributed by atoms with van der Waals surface area (Å²) in [6.07, 6.45) is 9.58. The number of nitrogens with zero attached hydrogens (tertiary/aromatic N) is 1. The molecule has 0 aromatic heterocycles. The van der Waals surface area contributed by atoms with Crippen molar-refractivity contribution in [3.63, 3.8) is 0 Å². The fraction of sp³-hybridized carbons (Fsp3) is 0.333. The monoisotopic (exact) mass is 241 g/mol. The zero-order valence-corrected chi connectivity index (χ0v) is 10.5. The highest BCUT2D eigenvalue weighted by molar-refractivity contribution is 5.31. The predicted molar refractivity (Wildman–Crippen MR) is 72.9 cm³/mol. The summed E-state index contributed by atoms with van der Waals surface area (Å²) >= 11 is 0. The van der Waals surface area contributed by atoms with Crippen LogP contribution in [0.1, 0.15) is 31.2 Å². The molecule has 1 aromatic carbocycles. The summed E-state index contributed by atoms with van der Waals surface area (Å²) in [4.78, 5) is 0. The summed E-state index contributed by atoms with van der Waals surface area (Å²) < 4.78 is 0. The molecular formula is C15H19N3. The van der Waals surface area contributed by atoms with Gasteiger partial charge >= 0.3 is 0 Å². The van der Waals surface area contributed by atoms with Gasteiger partial charge in [0.15, 0.2) is 0 Å². The molecule has 3 nitrogen and oxygen atoms in total. The quantitative estimate of drug-likeness (QED) is 0.852. The normalized spacial score (nSPS) is 19.2. The van der Waals surface area contributed by atoms with E-state index in [9.17, 15) is 0 Å². The van der Waals surface area contributed by atoms with E-state index in [0.29, 0.717) is 0 Å². The van der Waals surface area contributed by atoms with Crippen molar-refractivity contribution in [2.45, 2.75) is 32.2 Å². The molecule has 0 bridgehead atoms. The van der Waals surface area contributed by atoms with Crippen LogP contribution in [0.4, 0.5) is 0 Å². The third-order valence-corrected chi connectivity index (χ3v) is 3.45. The Morgan fingerprint density at radius 2 is 2.00 bits per heavy atom. The van der Waals surface area contributed by atoms with Crippen LogP contribution in [0.25, 0.3) is 0 Å². The second-order valence-corrected chi connectivity index (χ2v) is 4.87. The van der Waals surface area contributed by atoms with Crippen molar-refractivity contribution in [3.8, 4) is 0 Å². The van der Waals surface area contributed by atoms with E-state index in [4.69, 9.17) is 0 Å². The van der Waals surface area contributed by atoms with Crippen LogP contribution in [0.5, 0.6) is 0 Å². The zero-order chi connectivity index (χ0) is 12.2. The van der Waals surface area contributed by atoms with Gasteiger partial charge in [0.25, 0.3) is 0 Å². The van der Waals surface area contributed by atoms with E-state index in [1.807, 2.05) is 6.07 Å². The molecule has 0 saturated carbocycles. The van der Waals surface area contributed by atoms with Gasteiger partial charge in [-0.3, -0.25) is 5.01 Å². The minimum absolute atomic E-state index is 0.880. The maximum atomic E-state index is 3.27. The van der Waals surface area contributed by atoms with Crippen LogP contribution in [-0.4, -0.2) is 5.01 Å². The molecule has 18 heavy (non-hydrogen) atoms. The lowest BCUT2D eigenvalue weighted by atomic mass is 9.98. The van der Waals surface area contributed by atoms with Crippen molar-refractivity contribution in [1.29, 1.82) is 0 Å². The van der Waals surface area contributed by atoms with Gasteiger partial charge in [-0.1, -0.05) is 36.4 Å². The van der Waals surface area contributed by atoms with E-state index in [-0.39, 0.29) is 0 Å². The van der Waals surface area contributed by atoms with Gasteiger partial charge < -0.3 is 5.43 Å². The van der Waals surface area contributed by atoms with E-state index < -0.39 is 0 Å². The summed E-state index contributed by atoms with van der Waals surface area (Å²) in [5.41, 5.74) is 10.5. The van der Waals surface area contributed by atoms with Gasteiger partial charge in [0, 0.05) is 6.20 Å². The Labute approximate surface area is 108 Å². The molecule has 0 fully saturated rings. The number of allylic oxidation sites excluding steroid dienone is 2. The van der Waals surface area contributed by atoms with Crippen molar-refractivity contribution in [2.75, 3.05) is 0 Å². The van der Waals surface area contributed by atoms with Crippen LogP contribution in [0.3, 0.4) is 0 Å². The third-order valence-electron chi connectivity index (χ3n) is 3.45. The zero-order valence-electron chi connectivity index (χ0n) is 10.5. The van der Waals surface area contributed by atoms with E-state index in [0.717, 1.165) is 6.54 Å². The number of hydrazine groups is 2. The molecule has 2 aliphatic rings. The molecule has 1 aliphatic carbocycles.